The molecule has 1 aliphatic heterocycles. The second kappa shape index (κ2) is 6.19. The summed E-state index contributed by atoms with van der Waals surface area (Å²) in [6.07, 6.45) is -0.0912. The molecule has 1 fully saturated rings. The number of hydrogen-bond donors (Lipinski definition) is 1. The molecule has 2 unspecified atom stereocenters. The summed E-state index contributed by atoms with van der Waals surface area (Å²) in [6.45, 7) is 0.826. The lowest BCUT2D eigenvalue weighted by Crippen LogP contribution is -2.41. The molecule has 1 aromatic carbocycles. The molecule has 0 aliphatic carbocycles. The Hall–Kier alpha value is -1.99. The highest BCUT2D eigenvalue weighted by atomic mass is 16.6. The van der Waals surface area contributed by atoms with Crippen LogP contribution in [0.25, 0.3) is 0 Å². The number of para-hydroxylation sites is 1. The molecule has 0 bridgehead atoms. The van der Waals surface area contributed by atoms with E-state index in [0.29, 0.717) is 13.0 Å². The smallest absolute Gasteiger partial charge is 0.282 e. The number of β-amino-alcohol motifs (C(OH)–C–C–N with tert-alkyl or cyclic N) is 1. The predicted molar refractivity (Wildman–Crippen MR) is 77.1 cm³/mol. The van der Waals surface area contributed by atoms with Crippen molar-refractivity contribution >= 4 is 11.6 Å². The fraction of sp³-hybridized carbons (Fsp3) is 0.500. The fourth-order valence-electron chi connectivity index (χ4n) is 2.70. The number of likely N-dealkylation sites (tertiary alicyclic amines) is 1. The highest BCUT2D eigenvalue weighted by molar-refractivity contribution is 5.98. The zero-order valence-electron chi connectivity index (χ0n) is 12.1. The Morgan fingerprint density at radius 2 is 2.14 bits per heavy atom. The lowest BCUT2D eigenvalue weighted by molar-refractivity contribution is -0.385. The van der Waals surface area contributed by atoms with E-state index >= 15 is 0 Å². The van der Waals surface area contributed by atoms with Crippen LogP contribution in [0.3, 0.4) is 0 Å². The van der Waals surface area contributed by atoms with Crippen LogP contribution in [0.4, 0.5) is 5.69 Å². The third-order valence-corrected chi connectivity index (χ3v) is 3.56. The van der Waals surface area contributed by atoms with Crippen LogP contribution >= 0.6 is 0 Å². The first-order valence-corrected chi connectivity index (χ1v) is 6.77. The Bertz CT molecular complexity index is 547. The molecule has 1 amide bonds. The van der Waals surface area contributed by atoms with Crippen molar-refractivity contribution in [2.75, 3.05) is 27.2 Å². The minimum absolute atomic E-state index is 0.0698. The third kappa shape index (κ3) is 3.37. The molecule has 114 valence electrons. The normalized spacial score (nSPS) is 21.8. The zero-order chi connectivity index (χ0) is 15.6. The van der Waals surface area contributed by atoms with Gasteiger partial charge in [-0.2, -0.15) is 0 Å². The SMILES string of the molecule is CN(C)CC1CC(O)CN1C(=O)c1ccccc1[N+](=O)[O-]. The number of nitro benzene ring substituents is 1. The summed E-state index contributed by atoms with van der Waals surface area (Å²) < 4.78 is 0. The number of nitrogens with zero attached hydrogens (tertiary/aromatic N) is 3. The zero-order valence-corrected chi connectivity index (χ0v) is 12.1. The van der Waals surface area contributed by atoms with Gasteiger partial charge >= 0.3 is 0 Å². The number of nitro groups is 1. The van der Waals surface area contributed by atoms with Gasteiger partial charge in [0.2, 0.25) is 0 Å². The minimum atomic E-state index is -0.582. The number of likely N-dealkylation sites (N-methyl/N-ethyl adjacent to an activating group) is 1. The molecule has 0 saturated carbocycles. The lowest BCUT2D eigenvalue weighted by atomic mass is 10.1. The largest absolute Gasteiger partial charge is 0.391 e. The van der Waals surface area contributed by atoms with Crippen molar-refractivity contribution in [2.24, 2.45) is 0 Å². The van der Waals surface area contributed by atoms with E-state index in [1.54, 1.807) is 6.07 Å². The molecule has 0 aromatic heterocycles. The van der Waals surface area contributed by atoms with Crippen LogP contribution in [0, 0.1) is 10.1 Å². The number of carbonyl (C=O) groups excluding carboxylic acids is 1. The molecule has 0 radical (unpaired) electrons. The number of benzene rings is 1. The number of rotatable bonds is 4. The van der Waals surface area contributed by atoms with E-state index in [0.717, 1.165) is 0 Å². The average molecular weight is 293 g/mol. The predicted octanol–water partition coefficient (Wildman–Crippen LogP) is 0.732. The Morgan fingerprint density at radius 3 is 2.76 bits per heavy atom. The second-order valence-electron chi connectivity index (χ2n) is 5.54. The summed E-state index contributed by atoms with van der Waals surface area (Å²) in [5.74, 6) is -0.397. The second-order valence-corrected chi connectivity index (χ2v) is 5.54. The van der Waals surface area contributed by atoms with Crippen molar-refractivity contribution in [3.8, 4) is 0 Å². The number of amides is 1. The molecule has 1 aliphatic rings. The maximum absolute atomic E-state index is 12.6. The average Bonchev–Trinajstić information content (AvgIpc) is 2.77. The summed E-state index contributed by atoms with van der Waals surface area (Å²) in [4.78, 5) is 26.6. The van der Waals surface area contributed by atoms with E-state index in [4.69, 9.17) is 0 Å². The van der Waals surface area contributed by atoms with Gasteiger partial charge < -0.3 is 14.9 Å². The lowest BCUT2D eigenvalue weighted by Gasteiger charge is -2.26. The van der Waals surface area contributed by atoms with Crippen LogP contribution in [0.5, 0.6) is 0 Å². The van der Waals surface area contributed by atoms with Crippen molar-refractivity contribution < 1.29 is 14.8 Å². The molecule has 7 nitrogen and oxygen atoms in total. The highest BCUT2D eigenvalue weighted by Crippen LogP contribution is 2.25. The fourth-order valence-corrected chi connectivity index (χ4v) is 2.70. The summed E-state index contributed by atoms with van der Waals surface area (Å²) in [7, 11) is 3.77. The van der Waals surface area contributed by atoms with Gasteiger partial charge in [-0.05, 0) is 26.6 Å². The van der Waals surface area contributed by atoms with Crippen LogP contribution in [-0.4, -0.2) is 65.1 Å². The van der Waals surface area contributed by atoms with Gasteiger partial charge in [-0.25, -0.2) is 0 Å². The van der Waals surface area contributed by atoms with E-state index in [2.05, 4.69) is 0 Å². The summed E-state index contributed by atoms with van der Waals surface area (Å²) >= 11 is 0. The Kier molecular flexibility index (Phi) is 4.54. The summed E-state index contributed by atoms with van der Waals surface area (Å²) in [5, 5.41) is 20.9. The van der Waals surface area contributed by atoms with Gasteiger partial charge in [0.1, 0.15) is 5.56 Å². The molecule has 1 heterocycles. The molecule has 0 spiro atoms. The van der Waals surface area contributed by atoms with Gasteiger partial charge in [0.15, 0.2) is 0 Å². The maximum Gasteiger partial charge on any atom is 0.282 e. The van der Waals surface area contributed by atoms with E-state index in [9.17, 15) is 20.0 Å². The van der Waals surface area contributed by atoms with Crippen LogP contribution in [0.1, 0.15) is 16.8 Å². The molecule has 1 aromatic rings. The Labute approximate surface area is 122 Å². The molecule has 1 N–H and O–H groups in total. The highest BCUT2D eigenvalue weighted by Gasteiger charge is 2.36. The summed E-state index contributed by atoms with van der Waals surface area (Å²) in [5.41, 5.74) is -0.132. The molecule has 21 heavy (non-hydrogen) atoms. The Balaban J connectivity index is 2.28. The Morgan fingerprint density at radius 1 is 1.48 bits per heavy atom. The summed E-state index contributed by atoms with van der Waals surface area (Å²) in [6, 6.07) is 5.78. The first-order chi connectivity index (χ1) is 9.90. The third-order valence-electron chi connectivity index (χ3n) is 3.56. The quantitative estimate of drug-likeness (QED) is 0.653. The minimum Gasteiger partial charge on any atom is -0.391 e. The van der Waals surface area contributed by atoms with E-state index in [1.807, 2.05) is 19.0 Å². The van der Waals surface area contributed by atoms with Crippen LogP contribution in [0.15, 0.2) is 24.3 Å². The van der Waals surface area contributed by atoms with Gasteiger partial charge in [-0.15, -0.1) is 0 Å². The van der Waals surface area contributed by atoms with Gasteiger partial charge in [0, 0.05) is 25.2 Å². The van der Waals surface area contributed by atoms with Gasteiger partial charge in [0.25, 0.3) is 11.6 Å². The maximum atomic E-state index is 12.6. The van der Waals surface area contributed by atoms with Crippen molar-refractivity contribution in [3.63, 3.8) is 0 Å². The molecule has 7 heteroatoms. The monoisotopic (exact) mass is 293 g/mol. The van der Waals surface area contributed by atoms with E-state index < -0.39 is 16.9 Å². The molecule has 1 saturated heterocycles. The molecule has 2 atom stereocenters. The van der Waals surface area contributed by atoms with E-state index in [-0.39, 0.29) is 23.8 Å². The van der Waals surface area contributed by atoms with Crippen molar-refractivity contribution in [3.05, 3.63) is 39.9 Å². The molecular formula is C14H19N3O4. The van der Waals surface area contributed by atoms with Crippen molar-refractivity contribution in [1.29, 1.82) is 0 Å². The van der Waals surface area contributed by atoms with Gasteiger partial charge in [-0.1, -0.05) is 12.1 Å². The number of aliphatic hydroxyl groups excluding tert-OH is 1. The number of aliphatic hydroxyl groups is 1. The first kappa shape index (κ1) is 15.4. The van der Waals surface area contributed by atoms with Crippen molar-refractivity contribution in [2.45, 2.75) is 18.6 Å². The number of hydrogen-bond acceptors (Lipinski definition) is 5. The molecule has 2 rings (SSSR count). The van der Waals surface area contributed by atoms with Gasteiger partial charge in [-0.3, -0.25) is 14.9 Å². The van der Waals surface area contributed by atoms with Crippen LogP contribution in [-0.2, 0) is 0 Å². The standard InChI is InChI=1S/C14H19N3O4/c1-15(2)8-10-7-11(18)9-16(10)14(19)12-5-3-4-6-13(12)17(20)21/h3-6,10-11,18H,7-9H2,1-2H3. The van der Waals surface area contributed by atoms with Crippen molar-refractivity contribution in [1.82, 2.24) is 9.80 Å². The van der Waals surface area contributed by atoms with Crippen LogP contribution < -0.4 is 0 Å². The molecular weight excluding hydrogens is 274 g/mol. The number of carbonyl (C=O) groups is 1. The van der Waals surface area contributed by atoms with E-state index in [1.165, 1.54) is 23.1 Å². The van der Waals surface area contributed by atoms with Crippen LogP contribution in [0.2, 0.25) is 0 Å². The topological polar surface area (TPSA) is 86.9 Å². The first-order valence-electron chi connectivity index (χ1n) is 6.77. The van der Waals surface area contributed by atoms with Gasteiger partial charge in [0.05, 0.1) is 11.0 Å².